The molecule has 6 nitrogen and oxygen atoms in total. The van der Waals surface area contributed by atoms with E-state index in [1.54, 1.807) is 6.20 Å². The van der Waals surface area contributed by atoms with E-state index >= 15 is 0 Å². The lowest BCUT2D eigenvalue weighted by molar-refractivity contribution is 0.0689. The minimum atomic E-state index is 0.105. The van der Waals surface area contributed by atoms with Crippen LogP contribution in [0.2, 0.25) is 0 Å². The van der Waals surface area contributed by atoms with Gasteiger partial charge in [0.15, 0.2) is 0 Å². The molecular weight excluding hydrogens is 278 g/mol. The summed E-state index contributed by atoms with van der Waals surface area (Å²) >= 11 is 0. The number of aromatic nitrogens is 4. The van der Waals surface area contributed by atoms with Crippen LogP contribution in [0.25, 0.3) is 10.9 Å². The first-order chi connectivity index (χ1) is 10.8. The minimum absolute atomic E-state index is 0.105. The van der Waals surface area contributed by atoms with Crippen LogP contribution in [0.5, 0.6) is 0 Å². The molecule has 3 aromatic rings. The van der Waals surface area contributed by atoms with Crippen molar-refractivity contribution in [3.63, 3.8) is 0 Å². The van der Waals surface area contributed by atoms with Crippen molar-refractivity contribution in [3.8, 4) is 0 Å². The van der Waals surface area contributed by atoms with Crippen molar-refractivity contribution in [2.45, 2.75) is 18.9 Å². The number of rotatable bonds is 2. The Balaban J connectivity index is 1.47. The summed E-state index contributed by atoms with van der Waals surface area (Å²) < 4.78 is 1.90. The molecule has 0 aliphatic carbocycles. The summed E-state index contributed by atoms with van der Waals surface area (Å²) in [5.41, 5.74) is 1.75. The molecule has 0 saturated carbocycles. The van der Waals surface area contributed by atoms with E-state index in [0.717, 1.165) is 42.4 Å². The summed E-state index contributed by atoms with van der Waals surface area (Å²) in [5.74, 6) is 0.105. The molecule has 0 radical (unpaired) electrons. The van der Waals surface area contributed by atoms with Crippen LogP contribution in [0, 0.1) is 0 Å². The van der Waals surface area contributed by atoms with Gasteiger partial charge in [-0.15, -0.1) is 5.10 Å². The second kappa shape index (κ2) is 5.29. The highest BCUT2D eigenvalue weighted by Crippen LogP contribution is 2.23. The number of benzene rings is 1. The second-order valence-electron chi connectivity index (χ2n) is 5.69. The first-order valence-electron chi connectivity index (χ1n) is 7.53. The maximum Gasteiger partial charge on any atom is 0.253 e. The summed E-state index contributed by atoms with van der Waals surface area (Å²) in [5, 5.41) is 9.03. The van der Waals surface area contributed by atoms with Crippen LogP contribution < -0.4 is 0 Å². The van der Waals surface area contributed by atoms with E-state index in [-0.39, 0.29) is 5.91 Å². The van der Waals surface area contributed by atoms with Crippen molar-refractivity contribution in [3.05, 3.63) is 48.4 Å². The number of hydrogen-bond acceptors (Lipinski definition) is 3. The molecule has 6 heteroatoms. The summed E-state index contributed by atoms with van der Waals surface area (Å²) in [6, 6.07) is 8.18. The van der Waals surface area contributed by atoms with E-state index in [1.807, 2.05) is 46.2 Å². The van der Waals surface area contributed by atoms with Crippen molar-refractivity contribution in [2.75, 3.05) is 13.1 Å². The number of fused-ring (bicyclic) bond motifs is 1. The van der Waals surface area contributed by atoms with Crippen LogP contribution in [0.3, 0.4) is 0 Å². The van der Waals surface area contributed by atoms with Gasteiger partial charge in [-0.05, 0) is 36.4 Å². The van der Waals surface area contributed by atoms with E-state index in [9.17, 15) is 4.79 Å². The van der Waals surface area contributed by atoms with Crippen molar-refractivity contribution in [2.24, 2.45) is 0 Å². The van der Waals surface area contributed by atoms with Gasteiger partial charge in [0.25, 0.3) is 5.91 Å². The SMILES string of the molecule is O=C(c1ccc2cc[nH]c2c1)N1CCC(n2ccnn2)CC1. The molecule has 1 fully saturated rings. The molecule has 22 heavy (non-hydrogen) atoms. The Morgan fingerprint density at radius 3 is 2.86 bits per heavy atom. The maximum absolute atomic E-state index is 12.6. The van der Waals surface area contributed by atoms with Crippen LogP contribution in [-0.2, 0) is 0 Å². The van der Waals surface area contributed by atoms with Gasteiger partial charge < -0.3 is 9.88 Å². The summed E-state index contributed by atoms with van der Waals surface area (Å²) in [7, 11) is 0. The topological polar surface area (TPSA) is 66.8 Å². The number of piperidine rings is 1. The molecule has 1 N–H and O–H groups in total. The number of H-pyrrole nitrogens is 1. The standard InChI is InChI=1S/C16H17N5O/c22-16(13-2-1-12-3-6-17-15(12)11-13)20-8-4-14(5-9-20)21-10-7-18-19-21/h1-3,6-7,10-11,14,17H,4-5,8-9H2. The number of carbonyl (C=O) groups excluding carboxylic acids is 1. The molecular formula is C16H17N5O. The van der Waals surface area contributed by atoms with E-state index in [2.05, 4.69) is 15.3 Å². The van der Waals surface area contributed by atoms with Gasteiger partial charge >= 0.3 is 0 Å². The molecule has 0 spiro atoms. The Bertz CT molecular complexity index is 784. The third kappa shape index (κ3) is 2.26. The van der Waals surface area contributed by atoms with Gasteiger partial charge in [-0.25, -0.2) is 4.68 Å². The lowest BCUT2D eigenvalue weighted by Gasteiger charge is -2.31. The van der Waals surface area contributed by atoms with Crippen molar-refractivity contribution in [1.82, 2.24) is 24.9 Å². The number of amides is 1. The third-order valence-corrected chi connectivity index (χ3v) is 4.37. The van der Waals surface area contributed by atoms with E-state index < -0.39 is 0 Å². The first-order valence-corrected chi connectivity index (χ1v) is 7.53. The highest BCUT2D eigenvalue weighted by molar-refractivity contribution is 5.97. The fraction of sp³-hybridized carbons (Fsp3) is 0.312. The average Bonchev–Trinajstić information content (AvgIpc) is 3.25. The molecule has 0 unspecified atom stereocenters. The Morgan fingerprint density at radius 2 is 2.09 bits per heavy atom. The zero-order valence-corrected chi connectivity index (χ0v) is 12.1. The molecule has 3 heterocycles. The van der Waals surface area contributed by atoms with Gasteiger partial charge in [0, 0.05) is 36.6 Å². The zero-order chi connectivity index (χ0) is 14.9. The highest BCUT2D eigenvalue weighted by atomic mass is 16.2. The van der Waals surface area contributed by atoms with Crippen LogP contribution >= 0.6 is 0 Å². The molecule has 0 bridgehead atoms. The van der Waals surface area contributed by atoms with Crippen molar-refractivity contribution >= 4 is 16.8 Å². The molecule has 1 amide bonds. The molecule has 1 saturated heterocycles. The minimum Gasteiger partial charge on any atom is -0.361 e. The monoisotopic (exact) mass is 295 g/mol. The number of carbonyl (C=O) groups is 1. The summed E-state index contributed by atoms with van der Waals surface area (Å²) in [4.78, 5) is 17.7. The number of nitrogens with zero attached hydrogens (tertiary/aromatic N) is 4. The van der Waals surface area contributed by atoms with E-state index in [4.69, 9.17) is 0 Å². The smallest absolute Gasteiger partial charge is 0.253 e. The molecule has 0 atom stereocenters. The lowest BCUT2D eigenvalue weighted by atomic mass is 10.0. The predicted molar refractivity (Wildman–Crippen MR) is 82.5 cm³/mol. The molecule has 1 aromatic carbocycles. The highest BCUT2D eigenvalue weighted by Gasteiger charge is 2.25. The van der Waals surface area contributed by atoms with Crippen LogP contribution in [0.4, 0.5) is 0 Å². The van der Waals surface area contributed by atoms with Crippen LogP contribution in [-0.4, -0.2) is 43.9 Å². The number of hydrogen-bond donors (Lipinski definition) is 1. The zero-order valence-electron chi connectivity index (χ0n) is 12.1. The lowest BCUT2D eigenvalue weighted by Crippen LogP contribution is -2.39. The normalized spacial score (nSPS) is 16.3. The third-order valence-electron chi connectivity index (χ3n) is 4.37. The van der Waals surface area contributed by atoms with Gasteiger partial charge in [0.05, 0.1) is 12.2 Å². The quantitative estimate of drug-likeness (QED) is 0.788. The maximum atomic E-state index is 12.6. The molecule has 2 aromatic heterocycles. The molecule has 112 valence electrons. The Labute approximate surface area is 127 Å². The van der Waals surface area contributed by atoms with Gasteiger partial charge in [0.2, 0.25) is 0 Å². The summed E-state index contributed by atoms with van der Waals surface area (Å²) in [6.45, 7) is 1.51. The van der Waals surface area contributed by atoms with Gasteiger partial charge in [-0.2, -0.15) is 0 Å². The molecule has 1 aliphatic rings. The fourth-order valence-electron chi connectivity index (χ4n) is 3.11. The van der Waals surface area contributed by atoms with Crippen molar-refractivity contribution in [1.29, 1.82) is 0 Å². The van der Waals surface area contributed by atoms with Crippen LogP contribution in [0.15, 0.2) is 42.9 Å². The molecule has 4 rings (SSSR count). The Kier molecular flexibility index (Phi) is 3.14. The molecule has 1 aliphatic heterocycles. The van der Waals surface area contributed by atoms with E-state index in [0.29, 0.717) is 6.04 Å². The fourth-order valence-corrected chi connectivity index (χ4v) is 3.11. The van der Waals surface area contributed by atoms with Gasteiger partial charge in [-0.1, -0.05) is 11.3 Å². The summed E-state index contributed by atoms with van der Waals surface area (Å²) in [6.07, 6.45) is 7.31. The Hall–Kier alpha value is -2.63. The first kappa shape index (κ1) is 13.1. The largest absolute Gasteiger partial charge is 0.361 e. The second-order valence-corrected chi connectivity index (χ2v) is 5.69. The number of likely N-dealkylation sites (tertiary alicyclic amines) is 1. The van der Waals surface area contributed by atoms with E-state index in [1.165, 1.54) is 0 Å². The average molecular weight is 295 g/mol. The number of nitrogens with one attached hydrogen (secondary N) is 1. The Morgan fingerprint density at radius 1 is 1.23 bits per heavy atom. The van der Waals surface area contributed by atoms with Gasteiger partial charge in [0.1, 0.15) is 0 Å². The predicted octanol–water partition coefficient (Wildman–Crippen LogP) is 2.24. The number of aromatic amines is 1. The van der Waals surface area contributed by atoms with Crippen LogP contribution in [0.1, 0.15) is 29.2 Å². The van der Waals surface area contributed by atoms with Gasteiger partial charge in [-0.3, -0.25) is 4.79 Å². The van der Waals surface area contributed by atoms with Crippen molar-refractivity contribution < 1.29 is 4.79 Å².